The Morgan fingerprint density at radius 3 is 2.70 bits per heavy atom. The van der Waals surface area contributed by atoms with Crippen LogP contribution in [0.25, 0.3) is 0 Å². The first-order valence-corrected chi connectivity index (χ1v) is 8.54. The van der Waals surface area contributed by atoms with Crippen molar-refractivity contribution < 1.29 is 14.3 Å². The normalized spacial score (nSPS) is 25.8. The molecule has 1 amide bonds. The van der Waals surface area contributed by atoms with Crippen molar-refractivity contribution >= 4 is 17.5 Å². The Morgan fingerprint density at radius 1 is 1.26 bits per heavy atom. The summed E-state index contributed by atoms with van der Waals surface area (Å²) in [4.78, 5) is 16.5. The van der Waals surface area contributed by atoms with Gasteiger partial charge >= 0.3 is 0 Å². The van der Waals surface area contributed by atoms with Crippen molar-refractivity contribution in [1.82, 2.24) is 9.80 Å². The third-order valence-corrected chi connectivity index (χ3v) is 5.02. The van der Waals surface area contributed by atoms with Crippen LogP contribution in [0.4, 0.5) is 4.39 Å². The number of rotatable bonds is 3. The molecular weight excluding hydrogens is 319 g/mol. The topological polar surface area (TPSA) is 43.8 Å². The van der Waals surface area contributed by atoms with Gasteiger partial charge in [0.25, 0.3) is 5.91 Å². The van der Waals surface area contributed by atoms with Crippen LogP contribution in [0.2, 0.25) is 5.02 Å². The monoisotopic (exact) mass is 340 g/mol. The van der Waals surface area contributed by atoms with Gasteiger partial charge in [0.05, 0.1) is 17.2 Å². The van der Waals surface area contributed by atoms with E-state index in [1.54, 1.807) is 4.90 Å². The molecule has 0 radical (unpaired) electrons. The lowest BCUT2D eigenvalue weighted by Crippen LogP contribution is -2.55. The minimum atomic E-state index is -0.859. The molecule has 4 nitrogen and oxygen atoms in total. The van der Waals surface area contributed by atoms with Gasteiger partial charge in [0.2, 0.25) is 0 Å². The third kappa shape index (κ3) is 3.84. The number of carbonyl (C=O) groups is 1. The van der Waals surface area contributed by atoms with Gasteiger partial charge in [-0.15, -0.1) is 0 Å². The summed E-state index contributed by atoms with van der Waals surface area (Å²) in [7, 11) is 0. The quantitative estimate of drug-likeness (QED) is 0.919. The van der Waals surface area contributed by atoms with Crippen molar-refractivity contribution in [3.05, 3.63) is 34.6 Å². The highest BCUT2D eigenvalue weighted by Gasteiger charge is 2.37. The summed E-state index contributed by atoms with van der Waals surface area (Å²) in [5.74, 6) is -0.737. The number of halogens is 2. The lowest BCUT2D eigenvalue weighted by atomic mass is 9.91. The minimum absolute atomic E-state index is 0.0554. The molecule has 0 aromatic heterocycles. The summed E-state index contributed by atoms with van der Waals surface area (Å²) in [5, 5.41) is 10.8. The van der Waals surface area contributed by atoms with Gasteiger partial charge in [0.15, 0.2) is 0 Å². The van der Waals surface area contributed by atoms with E-state index in [4.69, 9.17) is 11.6 Å². The van der Waals surface area contributed by atoms with Crippen LogP contribution < -0.4 is 0 Å². The molecule has 0 bridgehead atoms. The SMILES string of the molecule is O=C(c1ccc(F)c(Cl)c1)N1CCC[C@](O)(CN2CCCC2)C1. The zero-order chi connectivity index (χ0) is 16.4. The fraction of sp³-hybridized carbons (Fsp3) is 0.588. The van der Waals surface area contributed by atoms with E-state index >= 15 is 0 Å². The largest absolute Gasteiger partial charge is 0.387 e. The van der Waals surface area contributed by atoms with Gasteiger partial charge in [-0.3, -0.25) is 4.79 Å². The lowest BCUT2D eigenvalue weighted by Gasteiger charge is -2.41. The second-order valence-corrected chi connectivity index (χ2v) is 7.07. The zero-order valence-electron chi connectivity index (χ0n) is 13.1. The molecule has 0 unspecified atom stereocenters. The molecule has 2 aliphatic rings. The fourth-order valence-corrected chi connectivity index (χ4v) is 3.76. The average molecular weight is 341 g/mol. The second kappa shape index (κ2) is 6.75. The molecule has 2 aliphatic heterocycles. The van der Waals surface area contributed by atoms with E-state index in [-0.39, 0.29) is 10.9 Å². The van der Waals surface area contributed by atoms with Crippen LogP contribution in [-0.2, 0) is 0 Å². The molecule has 1 N–H and O–H groups in total. The molecule has 3 rings (SSSR count). The third-order valence-electron chi connectivity index (χ3n) is 4.73. The molecule has 126 valence electrons. The van der Waals surface area contributed by atoms with E-state index in [2.05, 4.69) is 4.90 Å². The Balaban J connectivity index is 1.69. The zero-order valence-corrected chi connectivity index (χ0v) is 13.9. The summed E-state index contributed by atoms with van der Waals surface area (Å²) >= 11 is 5.76. The van der Waals surface area contributed by atoms with Crippen LogP contribution in [0, 0.1) is 5.82 Å². The number of hydrogen-bond acceptors (Lipinski definition) is 3. The minimum Gasteiger partial charge on any atom is -0.387 e. The van der Waals surface area contributed by atoms with E-state index in [9.17, 15) is 14.3 Å². The van der Waals surface area contributed by atoms with Crippen molar-refractivity contribution in [2.24, 2.45) is 0 Å². The molecule has 2 fully saturated rings. The van der Waals surface area contributed by atoms with Crippen molar-refractivity contribution in [3.8, 4) is 0 Å². The molecule has 1 aromatic carbocycles. The van der Waals surface area contributed by atoms with E-state index < -0.39 is 11.4 Å². The Hall–Kier alpha value is -1.17. The number of β-amino-alcohol motifs (C(OH)–C–C–N with tert-alkyl or cyclic N) is 1. The van der Waals surface area contributed by atoms with Crippen LogP contribution in [0.3, 0.4) is 0 Å². The number of piperidine rings is 1. The maximum atomic E-state index is 13.3. The molecule has 23 heavy (non-hydrogen) atoms. The number of carbonyl (C=O) groups excluding carboxylic acids is 1. The summed E-state index contributed by atoms with van der Waals surface area (Å²) < 4.78 is 13.3. The van der Waals surface area contributed by atoms with Gasteiger partial charge in [-0.2, -0.15) is 0 Å². The molecular formula is C17H22ClFN2O2. The Labute approximate surface area is 140 Å². The molecule has 0 aliphatic carbocycles. The molecule has 2 heterocycles. The van der Waals surface area contributed by atoms with Crippen LogP contribution in [-0.4, -0.2) is 59.1 Å². The van der Waals surface area contributed by atoms with E-state index in [1.165, 1.54) is 31.0 Å². The number of hydrogen-bond donors (Lipinski definition) is 1. The predicted octanol–water partition coefficient (Wildman–Crippen LogP) is 2.54. The summed E-state index contributed by atoms with van der Waals surface area (Å²) in [5.41, 5.74) is -0.496. The van der Waals surface area contributed by atoms with Crippen LogP contribution >= 0.6 is 11.6 Å². The maximum Gasteiger partial charge on any atom is 0.254 e. The van der Waals surface area contributed by atoms with Gasteiger partial charge in [0.1, 0.15) is 5.82 Å². The van der Waals surface area contributed by atoms with Gasteiger partial charge in [0, 0.05) is 18.7 Å². The maximum absolute atomic E-state index is 13.3. The smallest absolute Gasteiger partial charge is 0.254 e. The van der Waals surface area contributed by atoms with Crippen molar-refractivity contribution in [1.29, 1.82) is 0 Å². The predicted molar refractivity (Wildman–Crippen MR) is 87.2 cm³/mol. The van der Waals surface area contributed by atoms with Gasteiger partial charge in [-0.1, -0.05) is 11.6 Å². The summed E-state index contributed by atoms with van der Waals surface area (Å²) in [6.45, 7) is 3.57. The summed E-state index contributed by atoms with van der Waals surface area (Å²) in [6, 6.07) is 4.00. The number of nitrogens with zero attached hydrogens (tertiary/aromatic N) is 2. The Morgan fingerprint density at radius 2 is 2.00 bits per heavy atom. The van der Waals surface area contributed by atoms with E-state index in [1.807, 2.05) is 0 Å². The first-order chi connectivity index (χ1) is 11.0. The highest BCUT2D eigenvalue weighted by molar-refractivity contribution is 6.31. The van der Waals surface area contributed by atoms with Crippen molar-refractivity contribution in [2.45, 2.75) is 31.3 Å². The van der Waals surface area contributed by atoms with Gasteiger partial charge in [-0.05, 0) is 57.0 Å². The number of likely N-dealkylation sites (tertiary alicyclic amines) is 2. The lowest BCUT2D eigenvalue weighted by molar-refractivity contribution is -0.0431. The molecule has 0 saturated carbocycles. The molecule has 1 aromatic rings. The Bertz CT molecular complexity index is 592. The number of amides is 1. The highest BCUT2D eigenvalue weighted by atomic mass is 35.5. The second-order valence-electron chi connectivity index (χ2n) is 6.67. The number of benzene rings is 1. The van der Waals surface area contributed by atoms with Crippen LogP contribution in [0.15, 0.2) is 18.2 Å². The van der Waals surface area contributed by atoms with Crippen LogP contribution in [0.5, 0.6) is 0 Å². The molecule has 1 atom stereocenters. The first-order valence-electron chi connectivity index (χ1n) is 8.16. The standard InChI is InChI=1S/C17H22ClFN2O2/c18-14-10-13(4-5-15(14)19)16(22)21-9-3-6-17(23,12-21)11-20-7-1-2-8-20/h4-5,10,23H,1-3,6-9,11-12H2/t17-/m0/s1. The van der Waals surface area contributed by atoms with Crippen molar-refractivity contribution in [3.63, 3.8) is 0 Å². The van der Waals surface area contributed by atoms with Crippen molar-refractivity contribution in [2.75, 3.05) is 32.7 Å². The molecule has 2 saturated heterocycles. The van der Waals surface area contributed by atoms with E-state index in [0.717, 1.165) is 19.5 Å². The van der Waals surface area contributed by atoms with Crippen LogP contribution in [0.1, 0.15) is 36.0 Å². The fourth-order valence-electron chi connectivity index (χ4n) is 3.58. The molecule has 6 heteroatoms. The summed E-state index contributed by atoms with van der Waals surface area (Å²) in [6.07, 6.45) is 3.82. The first kappa shape index (κ1) is 16.7. The number of aliphatic hydroxyl groups is 1. The molecule has 0 spiro atoms. The van der Waals surface area contributed by atoms with Gasteiger partial charge in [-0.25, -0.2) is 4.39 Å². The Kier molecular flexibility index (Phi) is 4.90. The average Bonchev–Trinajstić information content (AvgIpc) is 3.01. The van der Waals surface area contributed by atoms with E-state index in [0.29, 0.717) is 31.6 Å². The van der Waals surface area contributed by atoms with Gasteiger partial charge < -0.3 is 14.9 Å². The highest BCUT2D eigenvalue weighted by Crippen LogP contribution is 2.26.